The van der Waals surface area contributed by atoms with E-state index in [4.69, 9.17) is 5.73 Å². The molecule has 1 heterocycles. The van der Waals surface area contributed by atoms with Crippen molar-refractivity contribution in [2.75, 3.05) is 13.6 Å². The zero-order valence-electron chi connectivity index (χ0n) is 7.79. The lowest BCUT2D eigenvalue weighted by atomic mass is 10.3. The SMILES string of the molecule is CN=C(N)NCCc1ccc(Br)s1.I. The molecule has 80 valence electrons. The fourth-order valence-electron chi connectivity index (χ4n) is 0.879. The number of thiophene rings is 1. The molecule has 0 spiro atoms. The highest BCUT2D eigenvalue weighted by molar-refractivity contribution is 14.0. The zero-order chi connectivity index (χ0) is 9.68. The number of nitrogens with zero attached hydrogens (tertiary/aromatic N) is 1. The van der Waals surface area contributed by atoms with Crippen LogP contribution in [-0.2, 0) is 6.42 Å². The predicted octanol–water partition coefficient (Wildman–Crippen LogP) is 2.21. The number of rotatable bonds is 3. The van der Waals surface area contributed by atoms with Crippen molar-refractivity contribution < 1.29 is 0 Å². The van der Waals surface area contributed by atoms with Gasteiger partial charge in [-0.2, -0.15) is 0 Å². The topological polar surface area (TPSA) is 50.4 Å². The smallest absolute Gasteiger partial charge is 0.188 e. The van der Waals surface area contributed by atoms with Gasteiger partial charge in [0.2, 0.25) is 0 Å². The molecule has 0 atom stereocenters. The van der Waals surface area contributed by atoms with Gasteiger partial charge in [0.1, 0.15) is 0 Å². The van der Waals surface area contributed by atoms with Gasteiger partial charge in [-0.25, -0.2) is 0 Å². The van der Waals surface area contributed by atoms with Crippen molar-refractivity contribution in [3.8, 4) is 0 Å². The Hall–Kier alpha value is 0.180. The van der Waals surface area contributed by atoms with Crippen LogP contribution >= 0.6 is 51.2 Å². The van der Waals surface area contributed by atoms with Crippen LogP contribution in [0.4, 0.5) is 0 Å². The number of hydrogen-bond acceptors (Lipinski definition) is 2. The van der Waals surface area contributed by atoms with Crippen LogP contribution in [-0.4, -0.2) is 19.6 Å². The van der Waals surface area contributed by atoms with Gasteiger partial charge in [-0.05, 0) is 34.5 Å². The minimum Gasteiger partial charge on any atom is -0.370 e. The third-order valence-corrected chi connectivity index (χ3v) is 3.23. The molecule has 1 aromatic heterocycles. The van der Waals surface area contributed by atoms with E-state index in [0.29, 0.717) is 5.96 Å². The maximum atomic E-state index is 5.48. The van der Waals surface area contributed by atoms with E-state index in [-0.39, 0.29) is 24.0 Å². The molecule has 6 heteroatoms. The number of halogens is 2. The summed E-state index contributed by atoms with van der Waals surface area (Å²) in [5.74, 6) is 0.496. The quantitative estimate of drug-likeness (QED) is 0.473. The Morgan fingerprint density at radius 1 is 1.64 bits per heavy atom. The van der Waals surface area contributed by atoms with Crippen LogP contribution < -0.4 is 11.1 Å². The van der Waals surface area contributed by atoms with Gasteiger partial charge in [0, 0.05) is 18.5 Å². The average Bonchev–Trinajstić information content (AvgIpc) is 2.51. The summed E-state index contributed by atoms with van der Waals surface area (Å²) in [6, 6.07) is 4.16. The Bertz CT molecular complexity index is 301. The number of nitrogens with one attached hydrogen (secondary N) is 1. The summed E-state index contributed by atoms with van der Waals surface area (Å²) in [7, 11) is 1.67. The molecule has 0 saturated carbocycles. The van der Waals surface area contributed by atoms with Gasteiger partial charge in [0.15, 0.2) is 5.96 Å². The van der Waals surface area contributed by atoms with Gasteiger partial charge in [-0.1, -0.05) is 0 Å². The van der Waals surface area contributed by atoms with Crippen LogP contribution in [0.5, 0.6) is 0 Å². The molecule has 0 aromatic carbocycles. The van der Waals surface area contributed by atoms with Gasteiger partial charge < -0.3 is 11.1 Å². The minimum absolute atomic E-state index is 0. The van der Waals surface area contributed by atoms with E-state index in [2.05, 4.69) is 38.4 Å². The van der Waals surface area contributed by atoms with Gasteiger partial charge in [-0.15, -0.1) is 35.3 Å². The number of aliphatic imine (C=N–C) groups is 1. The van der Waals surface area contributed by atoms with Crippen molar-refractivity contribution in [3.63, 3.8) is 0 Å². The molecule has 0 amide bonds. The largest absolute Gasteiger partial charge is 0.370 e. The van der Waals surface area contributed by atoms with Gasteiger partial charge in [-0.3, -0.25) is 4.99 Å². The van der Waals surface area contributed by atoms with Crippen molar-refractivity contribution >= 4 is 57.2 Å². The molecule has 0 bridgehead atoms. The monoisotopic (exact) mass is 389 g/mol. The molecule has 1 rings (SSSR count). The Labute approximate surface area is 113 Å². The number of guanidine groups is 1. The summed E-state index contributed by atoms with van der Waals surface area (Å²) in [5.41, 5.74) is 5.48. The Kier molecular flexibility index (Phi) is 7.56. The third kappa shape index (κ3) is 5.16. The highest BCUT2D eigenvalue weighted by Gasteiger charge is 1.97. The predicted molar refractivity (Wildman–Crippen MR) is 76.7 cm³/mol. The Morgan fingerprint density at radius 2 is 2.36 bits per heavy atom. The molecular formula is C8H13BrIN3S. The van der Waals surface area contributed by atoms with E-state index in [1.807, 2.05) is 0 Å². The summed E-state index contributed by atoms with van der Waals surface area (Å²) >= 11 is 5.16. The van der Waals surface area contributed by atoms with Crippen LogP contribution in [0, 0.1) is 0 Å². The first kappa shape index (κ1) is 14.2. The first-order valence-electron chi connectivity index (χ1n) is 3.92. The third-order valence-electron chi connectivity index (χ3n) is 1.55. The molecule has 3 N–H and O–H groups in total. The van der Waals surface area contributed by atoms with Crippen LogP contribution in [0.25, 0.3) is 0 Å². The molecule has 0 aliphatic carbocycles. The molecule has 1 aromatic rings. The van der Waals surface area contributed by atoms with Gasteiger partial charge in [0.05, 0.1) is 3.79 Å². The summed E-state index contributed by atoms with van der Waals surface area (Å²) in [4.78, 5) is 5.14. The maximum absolute atomic E-state index is 5.48. The molecule has 0 unspecified atom stereocenters. The Balaban J connectivity index is 0.00000169. The van der Waals surface area contributed by atoms with Crippen molar-refractivity contribution in [2.45, 2.75) is 6.42 Å². The highest BCUT2D eigenvalue weighted by atomic mass is 127. The molecular weight excluding hydrogens is 377 g/mol. The van der Waals surface area contributed by atoms with Crippen molar-refractivity contribution in [1.82, 2.24) is 5.32 Å². The lowest BCUT2D eigenvalue weighted by Gasteiger charge is -2.02. The van der Waals surface area contributed by atoms with Crippen LogP contribution in [0.3, 0.4) is 0 Å². The molecule has 0 aliphatic heterocycles. The van der Waals surface area contributed by atoms with Crippen molar-refractivity contribution in [1.29, 1.82) is 0 Å². The fourth-order valence-corrected chi connectivity index (χ4v) is 2.36. The molecule has 0 saturated heterocycles. The fraction of sp³-hybridized carbons (Fsp3) is 0.375. The Morgan fingerprint density at radius 3 is 2.86 bits per heavy atom. The van der Waals surface area contributed by atoms with Gasteiger partial charge in [0.25, 0.3) is 0 Å². The standard InChI is InChI=1S/C8H12BrN3S.HI/c1-11-8(10)12-5-4-6-2-3-7(9)13-6;/h2-3H,4-5H2,1H3,(H3,10,11,12);1H. The second kappa shape index (κ2) is 7.47. The van der Waals surface area contributed by atoms with Crippen molar-refractivity contribution in [2.24, 2.45) is 10.7 Å². The highest BCUT2D eigenvalue weighted by Crippen LogP contribution is 2.21. The van der Waals surface area contributed by atoms with Gasteiger partial charge >= 0.3 is 0 Å². The molecule has 14 heavy (non-hydrogen) atoms. The summed E-state index contributed by atoms with van der Waals surface area (Å²) < 4.78 is 1.17. The van der Waals surface area contributed by atoms with Crippen LogP contribution in [0.2, 0.25) is 0 Å². The lowest BCUT2D eigenvalue weighted by Crippen LogP contribution is -2.32. The van der Waals surface area contributed by atoms with Crippen molar-refractivity contribution in [3.05, 3.63) is 20.8 Å². The molecule has 0 radical (unpaired) electrons. The van der Waals surface area contributed by atoms with E-state index in [1.54, 1.807) is 18.4 Å². The second-order valence-corrected chi connectivity index (χ2v) is 5.04. The second-order valence-electron chi connectivity index (χ2n) is 2.49. The van der Waals surface area contributed by atoms with E-state index >= 15 is 0 Å². The normalized spacial score (nSPS) is 10.9. The lowest BCUT2D eigenvalue weighted by molar-refractivity contribution is 0.867. The average molecular weight is 390 g/mol. The minimum atomic E-state index is 0. The summed E-state index contributed by atoms with van der Waals surface area (Å²) in [6.45, 7) is 0.829. The van der Waals surface area contributed by atoms with E-state index in [0.717, 1.165) is 13.0 Å². The van der Waals surface area contributed by atoms with E-state index in [9.17, 15) is 0 Å². The van der Waals surface area contributed by atoms with E-state index in [1.165, 1.54) is 8.66 Å². The first-order valence-corrected chi connectivity index (χ1v) is 5.53. The maximum Gasteiger partial charge on any atom is 0.188 e. The molecule has 3 nitrogen and oxygen atoms in total. The number of hydrogen-bond donors (Lipinski definition) is 2. The first-order chi connectivity index (χ1) is 6.22. The summed E-state index contributed by atoms with van der Waals surface area (Å²) in [6.07, 6.45) is 0.979. The van der Waals surface area contributed by atoms with Crippen LogP contribution in [0.1, 0.15) is 4.88 Å². The van der Waals surface area contributed by atoms with E-state index < -0.39 is 0 Å². The zero-order valence-corrected chi connectivity index (χ0v) is 12.5. The van der Waals surface area contributed by atoms with Crippen LogP contribution in [0.15, 0.2) is 20.9 Å². The summed E-state index contributed by atoms with van der Waals surface area (Å²) in [5, 5.41) is 3.01. The molecule has 0 fully saturated rings. The number of nitrogens with two attached hydrogens (primary N) is 1. The molecule has 0 aliphatic rings.